The van der Waals surface area contributed by atoms with Gasteiger partial charge in [-0.05, 0) is 18.3 Å². The molecular weight excluding hydrogens is 362 g/mol. The molecule has 0 aromatic carbocycles. The van der Waals surface area contributed by atoms with Gasteiger partial charge in [-0.2, -0.15) is 25.3 Å². The topological polar surface area (TPSA) is 166 Å². The Hall–Kier alpha value is -0.310. The predicted octanol–water partition coefficient (Wildman–Crippen LogP) is -1.07. The molecule has 3 unspecified atom stereocenters. The fraction of sp³-hybridized carbons (Fsp3) is 1.00. The standard InChI is InChI=1S/C9H19NO9S3/c1-2-9(22(17,18)19)10-3-7(5-20(11,12)13)8(4-10)6-21(14,15)16/h7-9H,2-6H2,1H3,(H,11,12,13)(H,14,15,16)(H,17,18,19). The lowest BCUT2D eigenvalue weighted by atomic mass is 10.0. The summed E-state index contributed by atoms with van der Waals surface area (Å²) in [5.41, 5.74) is 0. The molecule has 3 atom stereocenters. The summed E-state index contributed by atoms with van der Waals surface area (Å²) in [6.45, 7) is 1.21. The number of hydrogen-bond donors (Lipinski definition) is 3. The lowest BCUT2D eigenvalue weighted by molar-refractivity contribution is 0.270. The molecule has 0 radical (unpaired) electrons. The highest BCUT2D eigenvalue weighted by molar-refractivity contribution is 7.86. The summed E-state index contributed by atoms with van der Waals surface area (Å²) in [7, 11) is -13.2. The highest BCUT2D eigenvalue weighted by Crippen LogP contribution is 2.29. The van der Waals surface area contributed by atoms with Crippen molar-refractivity contribution in [3.8, 4) is 0 Å². The van der Waals surface area contributed by atoms with Crippen LogP contribution in [0.25, 0.3) is 0 Å². The number of likely N-dealkylation sites (tertiary alicyclic amines) is 1. The summed E-state index contributed by atoms with van der Waals surface area (Å²) < 4.78 is 93.6. The van der Waals surface area contributed by atoms with E-state index in [1.807, 2.05) is 0 Å². The summed E-state index contributed by atoms with van der Waals surface area (Å²) in [6.07, 6.45) is 0.00994. The quantitative estimate of drug-likeness (QED) is 0.462. The molecular formula is C9H19NO9S3. The fourth-order valence-electron chi connectivity index (χ4n) is 2.79. The third-order valence-electron chi connectivity index (χ3n) is 3.55. The predicted molar refractivity (Wildman–Crippen MR) is 77.0 cm³/mol. The minimum absolute atomic E-state index is 0.00994. The van der Waals surface area contributed by atoms with Crippen LogP contribution in [-0.2, 0) is 30.4 Å². The first-order valence-electron chi connectivity index (χ1n) is 6.33. The van der Waals surface area contributed by atoms with E-state index in [1.54, 1.807) is 0 Å². The summed E-state index contributed by atoms with van der Waals surface area (Å²) in [5, 5.41) is -1.30. The maximum atomic E-state index is 11.3. The van der Waals surface area contributed by atoms with Crippen LogP contribution in [0.1, 0.15) is 13.3 Å². The largest absolute Gasteiger partial charge is 0.286 e. The van der Waals surface area contributed by atoms with Crippen LogP contribution in [0.15, 0.2) is 0 Å². The van der Waals surface area contributed by atoms with Crippen molar-refractivity contribution in [1.29, 1.82) is 0 Å². The van der Waals surface area contributed by atoms with Crippen LogP contribution >= 0.6 is 0 Å². The second kappa shape index (κ2) is 6.67. The van der Waals surface area contributed by atoms with E-state index in [0.717, 1.165) is 0 Å². The van der Waals surface area contributed by atoms with Gasteiger partial charge in [-0.3, -0.25) is 18.6 Å². The van der Waals surface area contributed by atoms with E-state index in [-0.39, 0.29) is 19.5 Å². The van der Waals surface area contributed by atoms with Crippen molar-refractivity contribution in [2.45, 2.75) is 18.7 Å². The Bertz CT molecular complexity index is 655. The molecule has 3 N–H and O–H groups in total. The lowest BCUT2D eigenvalue weighted by Gasteiger charge is -2.23. The second-order valence-electron chi connectivity index (χ2n) is 5.35. The van der Waals surface area contributed by atoms with E-state index in [4.69, 9.17) is 9.11 Å². The zero-order chi connectivity index (χ0) is 17.3. The molecule has 1 aliphatic rings. The lowest BCUT2D eigenvalue weighted by Crippen LogP contribution is -2.39. The minimum atomic E-state index is -4.43. The Morgan fingerprint density at radius 2 is 1.27 bits per heavy atom. The highest BCUT2D eigenvalue weighted by Gasteiger charge is 2.42. The van der Waals surface area contributed by atoms with Crippen LogP contribution in [-0.4, -0.2) is 73.8 Å². The van der Waals surface area contributed by atoms with Gasteiger partial charge in [0.1, 0.15) is 5.37 Å². The zero-order valence-corrected chi connectivity index (χ0v) is 14.2. The Kier molecular flexibility index (Phi) is 5.98. The highest BCUT2D eigenvalue weighted by atomic mass is 32.2. The van der Waals surface area contributed by atoms with E-state index in [0.29, 0.717) is 0 Å². The minimum Gasteiger partial charge on any atom is -0.286 e. The average Bonchev–Trinajstić information content (AvgIpc) is 2.54. The molecule has 1 heterocycles. The van der Waals surface area contributed by atoms with Gasteiger partial charge in [-0.25, -0.2) is 0 Å². The Morgan fingerprint density at radius 1 is 0.909 bits per heavy atom. The molecule has 1 fully saturated rings. The molecule has 0 spiro atoms. The Morgan fingerprint density at radius 3 is 1.50 bits per heavy atom. The van der Waals surface area contributed by atoms with Gasteiger partial charge in [0.2, 0.25) is 0 Å². The molecule has 10 nitrogen and oxygen atoms in total. The molecule has 0 aromatic rings. The van der Waals surface area contributed by atoms with Crippen molar-refractivity contribution in [2.75, 3.05) is 24.6 Å². The van der Waals surface area contributed by atoms with Gasteiger partial charge in [-0.1, -0.05) is 6.92 Å². The van der Waals surface area contributed by atoms with E-state index in [2.05, 4.69) is 0 Å². The molecule has 22 heavy (non-hydrogen) atoms. The van der Waals surface area contributed by atoms with Crippen LogP contribution in [0, 0.1) is 11.8 Å². The molecule has 1 aliphatic heterocycles. The van der Waals surface area contributed by atoms with Crippen LogP contribution in [0.2, 0.25) is 0 Å². The van der Waals surface area contributed by atoms with E-state index >= 15 is 0 Å². The van der Waals surface area contributed by atoms with Gasteiger partial charge in [0.05, 0.1) is 11.5 Å². The molecule has 0 amide bonds. The summed E-state index contributed by atoms with van der Waals surface area (Å²) in [5.74, 6) is -3.28. The van der Waals surface area contributed by atoms with Crippen LogP contribution in [0.4, 0.5) is 0 Å². The summed E-state index contributed by atoms with van der Waals surface area (Å²) in [4.78, 5) is 1.24. The van der Waals surface area contributed by atoms with Gasteiger partial charge in [0.15, 0.2) is 0 Å². The Labute approximate surface area is 129 Å². The van der Waals surface area contributed by atoms with Gasteiger partial charge in [0.25, 0.3) is 30.4 Å². The average molecular weight is 381 g/mol. The van der Waals surface area contributed by atoms with Crippen LogP contribution in [0.3, 0.4) is 0 Å². The van der Waals surface area contributed by atoms with Gasteiger partial charge < -0.3 is 0 Å². The van der Waals surface area contributed by atoms with Crippen molar-refractivity contribution < 1.29 is 38.9 Å². The van der Waals surface area contributed by atoms with Crippen molar-refractivity contribution in [3.05, 3.63) is 0 Å². The van der Waals surface area contributed by atoms with E-state index in [9.17, 15) is 29.8 Å². The maximum absolute atomic E-state index is 11.3. The molecule has 0 aromatic heterocycles. The Balaban J connectivity index is 3.04. The fourth-order valence-corrected chi connectivity index (χ4v) is 5.59. The molecule has 1 rings (SSSR count). The first kappa shape index (κ1) is 19.7. The number of nitrogens with zero attached hydrogens (tertiary/aromatic N) is 1. The van der Waals surface area contributed by atoms with Crippen LogP contribution in [0.5, 0.6) is 0 Å². The van der Waals surface area contributed by atoms with E-state index in [1.165, 1.54) is 11.8 Å². The summed E-state index contributed by atoms with van der Waals surface area (Å²) in [6, 6.07) is 0. The van der Waals surface area contributed by atoms with Gasteiger partial charge in [0, 0.05) is 13.1 Å². The molecule has 132 valence electrons. The van der Waals surface area contributed by atoms with Crippen molar-refractivity contribution >= 4 is 30.4 Å². The third kappa shape index (κ3) is 6.06. The van der Waals surface area contributed by atoms with Gasteiger partial charge in [-0.15, -0.1) is 0 Å². The smallest absolute Gasteiger partial charge is 0.281 e. The van der Waals surface area contributed by atoms with Crippen LogP contribution < -0.4 is 0 Å². The number of hydrogen-bond acceptors (Lipinski definition) is 7. The number of rotatable bonds is 7. The monoisotopic (exact) mass is 381 g/mol. The van der Waals surface area contributed by atoms with Crippen molar-refractivity contribution in [3.63, 3.8) is 0 Å². The van der Waals surface area contributed by atoms with E-state index < -0.39 is 59.1 Å². The molecule has 13 heteroatoms. The van der Waals surface area contributed by atoms with Crippen molar-refractivity contribution in [1.82, 2.24) is 4.90 Å². The molecule has 1 saturated heterocycles. The third-order valence-corrected chi connectivity index (χ3v) is 6.57. The van der Waals surface area contributed by atoms with Gasteiger partial charge >= 0.3 is 0 Å². The first-order chi connectivity index (χ1) is 9.73. The first-order valence-corrected chi connectivity index (χ1v) is 11.1. The van der Waals surface area contributed by atoms with Crippen molar-refractivity contribution in [2.24, 2.45) is 11.8 Å². The molecule has 0 saturated carbocycles. The molecule has 0 bridgehead atoms. The normalized spacial score (nSPS) is 26.2. The maximum Gasteiger partial charge on any atom is 0.281 e. The second-order valence-corrected chi connectivity index (χ2v) is 9.92. The SMILES string of the molecule is CCC(N1CC(CS(=O)(=O)O)C(CS(=O)(=O)O)C1)S(=O)(=O)O. The summed E-state index contributed by atoms with van der Waals surface area (Å²) >= 11 is 0. The zero-order valence-electron chi connectivity index (χ0n) is 11.7. The molecule has 0 aliphatic carbocycles.